The van der Waals surface area contributed by atoms with Crippen molar-refractivity contribution in [3.05, 3.63) is 99.5 Å². The quantitative estimate of drug-likeness (QED) is 0.513. The molecule has 3 aromatic carbocycles. The van der Waals surface area contributed by atoms with E-state index in [0.29, 0.717) is 10.6 Å². The first kappa shape index (κ1) is 22.0. The standard InChI is InChI=1S/C22H17Cl2NO4S/c23-16-10-11-20(18(12-16)22(27)17-8-4-5-9-19(17)24)25-21(26)14-30(28,29)13-15-6-2-1-3-7-15/h1-12H,13-14H2,(H,25,26). The Morgan fingerprint density at radius 2 is 1.50 bits per heavy atom. The minimum atomic E-state index is -3.70. The van der Waals surface area contributed by atoms with E-state index >= 15 is 0 Å². The first-order chi connectivity index (χ1) is 14.2. The first-order valence-corrected chi connectivity index (χ1v) is 11.5. The number of carbonyl (C=O) groups excluding carboxylic acids is 2. The molecule has 0 aromatic heterocycles. The molecule has 0 aliphatic rings. The zero-order chi connectivity index (χ0) is 21.7. The lowest BCUT2D eigenvalue weighted by atomic mass is 10.0. The average molecular weight is 462 g/mol. The van der Waals surface area contributed by atoms with Crippen LogP contribution in [0.25, 0.3) is 0 Å². The van der Waals surface area contributed by atoms with E-state index in [4.69, 9.17) is 23.2 Å². The Morgan fingerprint density at radius 3 is 2.20 bits per heavy atom. The highest BCUT2D eigenvalue weighted by atomic mass is 35.5. The number of sulfone groups is 1. The largest absolute Gasteiger partial charge is 0.325 e. The molecule has 8 heteroatoms. The molecule has 3 aromatic rings. The van der Waals surface area contributed by atoms with Crippen molar-refractivity contribution in [3.63, 3.8) is 0 Å². The van der Waals surface area contributed by atoms with Crippen molar-refractivity contribution in [1.29, 1.82) is 0 Å². The second-order valence-electron chi connectivity index (χ2n) is 6.56. The number of hydrogen-bond donors (Lipinski definition) is 1. The summed E-state index contributed by atoms with van der Waals surface area (Å²) in [5, 5.41) is 3.06. The van der Waals surface area contributed by atoms with E-state index in [1.807, 2.05) is 0 Å². The molecule has 0 bridgehead atoms. The summed E-state index contributed by atoms with van der Waals surface area (Å²) in [6.07, 6.45) is 0. The zero-order valence-corrected chi connectivity index (χ0v) is 18.0. The van der Waals surface area contributed by atoms with Gasteiger partial charge in [0.05, 0.1) is 16.5 Å². The van der Waals surface area contributed by atoms with Crippen LogP contribution in [0.15, 0.2) is 72.8 Å². The smallest absolute Gasteiger partial charge is 0.239 e. The van der Waals surface area contributed by atoms with E-state index in [-0.39, 0.29) is 27.6 Å². The second kappa shape index (κ2) is 9.43. The van der Waals surface area contributed by atoms with E-state index in [1.165, 1.54) is 18.2 Å². The number of nitrogens with one attached hydrogen (secondary N) is 1. The molecule has 0 unspecified atom stereocenters. The third kappa shape index (κ3) is 5.69. The molecule has 0 saturated carbocycles. The maximum atomic E-state index is 12.9. The predicted octanol–water partition coefficient (Wildman–Crippen LogP) is 4.78. The fourth-order valence-electron chi connectivity index (χ4n) is 2.87. The Bertz CT molecular complexity index is 1190. The van der Waals surface area contributed by atoms with Crippen LogP contribution in [0.4, 0.5) is 5.69 Å². The number of halogens is 2. The topological polar surface area (TPSA) is 80.3 Å². The van der Waals surface area contributed by atoms with Crippen LogP contribution in [0.2, 0.25) is 10.0 Å². The highest BCUT2D eigenvalue weighted by Gasteiger charge is 2.21. The van der Waals surface area contributed by atoms with Crippen LogP contribution in [-0.4, -0.2) is 25.9 Å². The van der Waals surface area contributed by atoms with Gasteiger partial charge in [-0.05, 0) is 35.9 Å². The number of carbonyl (C=O) groups is 2. The fraction of sp³-hybridized carbons (Fsp3) is 0.0909. The monoisotopic (exact) mass is 461 g/mol. The summed E-state index contributed by atoms with van der Waals surface area (Å²) < 4.78 is 24.7. The van der Waals surface area contributed by atoms with Gasteiger partial charge >= 0.3 is 0 Å². The lowest BCUT2D eigenvalue weighted by Gasteiger charge is -2.12. The van der Waals surface area contributed by atoms with Gasteiger partial charge in [0.2, 0.25) is 5.91 Å². The molecule has 0 heterocycles. The Hall–Kier alpha value is -2.67. The van der Waals surface area contributed by atoms with Gasteiger partial charge in [-0.2, -0.15) is 0 Å². The van der Waals surface area contributed by atoms with Crippen LogP contribution < -0.4 is 5.32 Å². The summed E-state index contributed by atoms with van der Waals surface area (Å²) in [7, 11) is -3.70. The SMILES string of the molecule is O=C(CS(=O)(=O)Cc1ccccc1)Nc1ccc(Cl)cc1C(=O)c1ccccc1Cl. The van der Waals surface area contributed by atoms with Crippen LogP contribution in [0.5, 0.6) is 0 Å². The molecule has 0 fully saturated rings. The normalized spacial score (nSPS) is 11.1. The van der Waals surface area contributed by atoms with Gasteiger partial charge in [0.25, 0.3) is 0 Å². The Labute approximate surface area is 184 Å². The van der Waals surface area contributed by atoms with Gasteiger partial charge in [-0.3, -0.25) is 9.59 Å². The highest BCUT2D eigenvalue weighted by Crippen LogP contribution is 2.26. The number of ketones is 1. The number of hydrogen-bond acceptors (Lipinski definition) is 4. The van der Waals surface area contributed by atoms with Crippen LogP contribution >= 0.6 is 23.2 Å². The Balaban J connectivity index is 1.80. The molecular weight excluding hydrogens is 445 g/mol. The summed E-state index contributed by atoms with van der Waals surface area (Å²) in [4.78, 5) is 25.4. The van der Waals surface area contributed by atoms with Crippen molar-refractivity contribution in [3.8, 4) is 0 Å². The Kier molecular flexibility index (Phi) is 6.92. The molecule has 5 nitrogen and oxygen atoms in total. The summed E-state index contributed by atoms with van der Waals surface area (Å²) >= 11 is 12.1. The van der Waals surface area contributed by atoms with Crippen LogP contribution in [-0.2, 0) is 20.4 Å². The third-order valence-corrected chi connectivity index (χ3v) is 6.24. The number of rotatable bonds is 7. The van der Waals surface area contributed by atoms with Crippen LogP contribution in [0, 0.1) is 0 Å². The first-order valence-electron chi connectivity index (χ1n) is 8.88. The van der Waals surface area contributed by atoms with Crippen LogP contribution in [0.3, 0.4) is 0 Å². The molecule has 154 valence electrons. The van der Waals surface area contributed by atoms with Crippen molar-refractivity contribution in [2.45, 2.75) is 5.75 Å². The van der Waals surface area contributed by atoms with Crippen LogP contribution in [0.1, 0.15) is 21.5 Å². The summed E-state index contributed by atoms with van der Waals surface area (Å²) in [6.45, 7) is 0. The molecule has 0 aliphatic heterocycles. The molecular formula is C22H17Cl2NO4S. The van der Waals surface area contributed by atoms with E-state index in [1.54, 1.807) is 54.6 Å². The molecule has 1 amide bonds. The third-order valence-electron chi connectivity index (χ3n) is 4.20. The van der Waals surface area contributed by atoms with Gasteiger partial charge < -0.3 is 5.32 Å². The van der Waals surface area contributed by atoms with Crippen molar-refractivity contribution >= 4 is 50.4 Å². The molecule has 0 aliphatic carbocycles. The average Bonchev–Trinajstić information content (AvgIpc) is 2.69. The van der Waals surface area contributed by atoms with Gasteiger partial charge in [-0.15, -0.1) is 0 Å². The molecule has 1 N–H and O–H groups in total. The minimum absolute atomic E-state index is 0.115. The summed E-state index contributed by atoms with van der Waals surface area (Å²) in [6, 6.07) is 19.4. The van der Waals surface area contributed by atoms with Gasteiger partial charge in [-0.25, -0.2) is 8.42 Å². The van der Waals surface area contributed by atoms with Crippen molar-refractivity contribution in [2.75, 3.05) is 11.1 Å². The van der Waals surface area contributed by atoms with E-state index in [0.717, 1.165) is 0 Å². The van der Waals surface area contributed by atoms with Gasteiger partial charge in [0.1, 0.15) is 5.75 Å². The number of anilines is 1. The van der Waals surface area contributed by atoms with Crippen molar-refractivity contribution in [2.24, 2.45) is 0 Å². The lowest BCUT2D eigenvalue weighted by Crippen LogP contribution is -2.25. The molecule has 0 spiro atoms. The minimum Gasteiger partial charge on any atom is -0.325 e. The van der Waals surface area contributed by atoms with E-state index in [2.05, 4.69) is 5.32 Å². The van der Waals surface area contributed by atoms with E-state index < -0.39 is 27.3 Å². The van der Waals surface area contributed by atoms with E-state index in [9.17, 15) is 18.0 Å². The second-order valence-corrected chi connectivity index (χ2v) is 9.47. The molecule has 0 atom stereocenters. The lowest BCUT2D eigenvalue weighted by molar-refractivity contribution is -0.113. The van der Waals surface area contributed by atoms with Gasteiger partial charge in [0, 0.05) is 16.1 Å². The molecule has 3 rings (SSSR count). The van der Waals surface area contributed by atoms with Crippen molar-refractivity contribution in [1.82, 2.24) is 0 Å². The highest BCUT2D eigenvalue weighted by molar-refractivity contribution is 7.91. The summed E-state index contributed by atoms with van der Waals surface area (Å²) in [5.74, 6) is -2.16. The number of amides is 1. The maximum absolute atomic E-state index is 12.9. The fourth-order valence-corrected chi connectivity index (χ4v) is 4.54. The van der Waals surface area contributed by atoms with Crippen molar-refractivity contribution < 1.29 is 18.0 Å². The molecule has 0 radical (unpaired) electrons. The molecule has 0 saturated heterocycles. The van der Waals surface area contributed by atoms with Gasteiger partial charge in [-0.1, -0.05) is 65.7 Å². The number of benzene rings is 3. The summed E-state index contributed by atoms with van der Waals surface area (Å²) in [5.41, 5.74) is 1.11. The zero-order valence-electron chi connectivity index (χ0n) is 15.6. The Morgan fingerprint density at radius 1 is 0.833 bits per heavy atom. The maximum Gasteiger partial charge on any atom is 0.239 e. The molecule has 30 heavy (non-hydrogen) atoms. The van der Waals surface area contributed by atoms with Gasteiger partial charge in [0.15, 0.2) is 15.6 Å². The predicted molar refractivity (Wildman–Crippen MR) is 119 cm³/mol.